The zero-order valence-corrected chi connectivity index (χ0v) is 12.7. The van der Waals surface area contributed by atoms with E-state index in [1.54, 1.807) is 12.1 Å². The third-order valence-corrected chi connectivity index (χ3v) is 3.03. The second-order valence-electron chi connectivity index (χ2n) is 5.53. The predicted molar refractivity (Wildman–Crippen MR) is 80.0 cm³/mol. The maximum atomic E-state index is 12.2. The van der Waals surface area contributed by atoms with Gasteiger partial charge in [0.2, 0.25) is 0 Å². The fourth-order valence-corrected chi connectivity index (χ4v) is 1.95. The van der Waals surface area contributed by atoms with Crippen molar-refractivity contribution in [2.45, 2.75) is 46.3 Å². The van der Waals surface area contributed by atoms with E-state index in [0.29, 0.717) is 17.7 Å². The van der Waals surface area contributed by atoms with Crippen LogP contribution in [0.4, 0.5) is 0 Å². The average Bonchev–Trinajstić information content (AvgIpc) is 2.37. The van der Waals surface area contributed by atoms with Crippen LogP contribution in [0.1, 0.15) is 44.5 Å². The minimum absolute atomic E-state index is 0.0258. The van der Waals surface area contributed by atoms with Crippen LogP contribution in [0.5, 0.6) is 5.75 Å². The largest absolute Gasteiger partial charge is 0.491 e. The van der Waals surface area contributed by atoms with E-state index in [1.807, 2.05) is 39.8 Å². The van der Waals surface area contributed by atoms with E-state index in [-0.39, 0.29) is 30.6 Å². The Balaban J connectivity index is 2.75. The Kier molecular flexibility index (Phi) is 6.52. The highest BCUT2D eigenvalue weighted by atomic mass is 16.5. The fraction of sp³-hybridized carbons (Fsp3) is 0.562. The molecule has 0 saturated heterocycles. The second-order valence-corrected chi connectivity index (χ2v) is 5.53. The molecule has 0 bridgehead atoms. The van der Waals surface area contributed by atoms with Crippen molar-refractivity contribution in [2.24, 2.45) is 5.92 Å². The first kappa shape index (κ1) is 16.5. The number of carbonyl (C=O) groups is 1. The molecule has 1 rings (SSSR count). The highest BCUT2D eigenvalue weighted by Gasteiger charge is 2.17. The molecule has 0 spiro atoms. The van der Waals surface area contributed by atoms with Gasteiger partial charge in [0.25, 0.3) is 5.91 Å². The molecule has 1 unspecified atom stereocenters. The Morgan fingerprint density at radius 1 is 1.30 bits per heavy atom. The van der Waals surface area contributed by atoms with Gasteiger partial charge in [-0.05, 0) is 44.4 Å². The van der Waals surface area contributed by atoms with Gasteiger partial charge in [0.1, 0.15) is 5.75 Å². The van der Waals surface area contributed by atoms with Gasteiger partial charge in [-0.25, -0.2) is 0 Å². The lowest BCUT2D eigenvalue weighted by atomic mass is 10.0. The number of ether oxygens (including phenoxy) is 1. The smallest absolute Gasteiger partial charge is 0.251 e. The number of aliphatic hydroxyl groups excluding tert-OH is 1. The summed E-state index contributed by atoms with van der Waals surface area (Å²) in [5.74, 6) is 0.837. The summed E-state index contributed by atoms with van der Waals surface area (Å²) in [7, 11) is 0. The molecule has 4 heteroatoms. The summed E-state index contributed by atoms with van der Waals surface area (Å²) in [6, 6.07) is 7.13. The summed E-state index contributed by atoms with van der Waals surface area (Å²) in [6.07, 6.45) is 0.636. The highest BCUT2D eigenvalue weighted by molar-refractivity contribution is 5.94. The van der Waals surface area contributed by atoms with Crippen molar-refractivity contribution < 1.29 is 14.6 Å². The molecule has 0 aliphatic heterocycles. The molecule has 112 valence electrons. The van der Waals surface area contributed by atoms with Crippen LogP contribution in [0, 0.1) is 5.92 Å². The second kappa shape index (κ2) is 7.90. The van der Waals surface area contributed by atoms with Gasteiger partial charge in [-0.3, -0.25) is 4.79 Å². The van der Waals surface area contributed by atoms with Gasteiger partial charge in [0.15, 0.2) is 0 Å². The zero-order valence-electron chi connectivity index (χ0n) is 12.7. The Hall–Kier alpha value is -1.55. The van der Waals surface area contributed by atoms with Gasteiger partial charge in [0.05, 0.1) is 6.10 Å². The van der Waals surface area contributed by atoms with Gasteiger partial charge in [-0.1, -0.05) is 19.9 Å². The quantitative estimate of drug-likeness (QED) is 0.806. The molecule has 0 fully saturated rings. The van der Waals surface area contributed by atoms with Crippen molar-refractivity contribution in [3.05, 3.63) is 29.8 Å². The summed E-state index contributed by atoms with van der Waals surface area (Å²) in [5, 5.41) is 12.0. The van der Waals surface area contributed by atoms with E-state index in [9.17, 15) is 4.79 Å². The average molecular weight is 279 g/mol. The third kappa shape index (κ3) is 5.21. The fourth-order valence-electron chi connectivity index (χ4n) is 1.95. The van der Waals surface area contributed by atoms with E-state index >= 15 is 0 Å². The Morgan fingerprint density at radius 2 is 2.00 bits per heavy atom. The van der Waals surface area contributed by atoms with Gasteiger partial charge in [0, 0.05) is 18.2 Å². The predicted octanol–water partition coefficient (Wildman–Crippen LogP) is 2.61. The number of aliphatic hydroxyl groups is 1. The molecule has 2 N–H and O–H groups in total. The van der Waals surface area contributed by atoms with Crippen molar-refractivity contribution >= 4 is 5.91 Å². The molecule has 0 aliphatic carbocycles. The normalized spacial score (nSPS) is 12.6. The van der Waals surface area contributed by atoms with Gasteiger partial charge < -0.3 is 15.2 Å². The molecule has 0 saturated carbocycles. The van der Waals surface area contributed by atoms with E-state index in [2.05, 4.69) is 5.32 Å². The van der Waals surface area contributed by atoms with E-state index < -0.39 is 0 Å². The van der Waals surface area contributed by atoms with Gasteiger partial charge in [-0.15, -0.1) is 0 Å². The summed E-state index contributed by atoms with van der Waals surface area (Å²) < 4.78 is 5.58. The molecule has 4 nitrogen and oxygen atoms in total. The molecule has 0 radical (unpaired) electrons. The first-order chi connectivity index (χ1) is 9.43. The maximum absolute atomic E-state index is 12.2. The standard InChI is InChI=1S/C16H25NO3/c1-11(2)15(8-9-18)17-16(19)13-6-5-7-14(10-13)20-12(3)4/h5-7,10-12,15,18H,8-9H2,1-4H3,(H,17,19). The van der Waals surface area contributed by atoms with Crippen LogP contribution in [-0.2, 0) is 0 Å². The van der Waals surface area contributed by atoms with E-state index in [4.69, 9.17) is 9.84 Å². The first-order valence-corrected chi connectivity index (χ1v) is 7.12. The van der Waals surface area contributed by atoms with Gasteiger partial charge in [-0.2, -0.15) is 0 Å². The molecule has 1 aromatic rings. The Labute approximate surface area is 121 Å². The van der Waals surface area contributed by atoms with Crippen LogP contribution in [0.2, 0.25) is 0 Å². The number of hydrogen-bond acceptors (Lipinski definition) is 3. The molecular weight excluding hydrogens is 254 g/mol. The summed E-state index contributed by atoms with van der Waals surface area (Å²) in [5.41, 5.74) is 0.576. The number of rotatable bonds is 7. The lowest BCUT2D eigenvalue weighted by Crippen LogP contribution is -2.39. The minimum Gasteiger partial charge on any atom is -0.491 e. The minimum atomic E-state index is -0.133. The zero-order chi connectivity index (χ0) is 15.1. The van der Waals surface area contributed by atoms with Crippen LogP contribution in [0.3, 0.4) is 0 Å². The molecule has 1 aromatic carbocycles. The molecule has 1 amide bonds. The molecule has 0 aliphatic rings. The van der Waals surface area contributed by atoms with Crippen molar-refractivity contribution in [1.29, 1.82) is 0 Å². The maximum Gasteiger partial charge on any atom is 0.251 e. The van der Waals surface area contributed by atoms with E-state index in [1.165, 1.54) is 0 Å². The lowest BCUT2D eigenvalue weighted by molar-refractivity contribution is 0.0916. The number of benzene rings is 1. The Bertz CT molecular complexity index is 429. The van der Waals surface area contributed by atoms with Gasteiger partial charge >= 0.3 is 0 Å². The number of hydrogen-bond donors (Lipinski definition) is 2. The number of amides is 1. The topological polar surface area (TPSA) is 58.6 Å². The highest BCUT2D eigenvalue weighted by Crippen LogP contribution is 2.15. The van der Waals surface area contributed by atoms with Crippen LogP contribution < -0.4 is 10.1 Å². The van der Waals surface area contributed by atoms with Crippen molar-refractivity contribution in [1.82, 2.24) is 5.32 Å². The van der Waals surface area contributed by atoms with Crippen molar-refractivity contribution in [3.8, 4) is 5.75 Å². The number of carbonyl (C=O) groups excluding carboxylic acids is 1. The lowest BCUT2D eigenvalue weighted by Gasteiger charge is -2.21. The van der Waals surface area contributed by atoms with Crippen LogP contribution in [0.15, 0.2) is 24.3 Å². The molecule has 20 heavy (non-hydrogen) atoms. The van der Waals surface area contributed by atoms with Crippen LogP contribution in [-0.4, -0.2) is 29.8 Å². The number of nitrogens with one attached hydrogen (secondary N) is 1. The van der Waals surface area contributed by atoms with Crippen molar-refractivity contribution in [2.75, 3.05) is 6.61 Å². The third-order valence-electron chi connectivity index (χ3n) is 3.03. The van der Waals surface area contributed by atoms with Crippen LogP contribution in [0.25, 0.3) is 0 Å². The SMILES string of the molecule is CC(C)Oc1cccc(C(=O)NC(CCO)C(C)C)c1. The molecule has 1 atom stereocenters. The first-order valence-electron chi connectivity index (χ1n) is 7.12. The monoisotopic (exact) mass is 279 g/mol. The summed E-state index contributed by atoms with van der Waals surface area (Å²) in [4.78, 5) is 12.2. The molecular formula is C16H25NO3. The summed E-state index contributed by atoms with van der Waals surface area (Å²) in [6.45, 7) is 8.02. The molecule has 0 heterocycles. The van der Waals surface area contributed by atoms with Crippen molar-refractivity contribution in [3.63, 3.8) is 0 Å². The van der Waals surface area contributed by atoms with E-state index in [0.717, 1.165) is 0 Å². The summed E-state index contributed by atoms with van der Waals surface area (Å²) >= 11 is 0. The Morgan fingerprint density at radius 3 is 2.55 bits per heavy atom. The molecule has 0 aromatic heterocycles. The van der Waals surface area contributed by atoms with Crippen LogP contribution >= 0.6 is 0 Å².